The highest BCUT2D eigenvalue weighted by Crippen LogP contribution is 2.35. The number of alkyl halides is 3. The molecular weight excluding hydrogens is 385 g/mol. The highest BCUT2D eigenvalue weighted by atomic mass is 19.4. The van der Waals surface area contributed by atoms with E-state index in [1.54, 1.807) is 12.1 Å². The molecule has 144 valence electrons. The number of hydrogen-bond acceptors (Lipinski definition) is 7. The molecule has 4 aromatic rings. The molecule has 0 aliphatic carbocycles. The van der Waals surface area contributed by atoms with Crippen molar-refractivity contribution in [1.82, 2.24) is 24.7 Å². The third kappa shape index (κ3) is 3.51. The van der Waals surface area contributed by atoms with Gasteiger partial charge in [0.15, 0.2) is 0 Å². The Morgan fingerprint density at radius 2 is 1.83 bits per heavy atom. The number of nitrogens with zero attached hydrogens (tertiary/aromatic N) is 6. The largest absolute Gasteiger partial charge is 0.418 e. The van der Waals surface area contributed by atoms with Crippen LogP contribution in [0.1, 0.15) is 11.1 Å². The van der Waals surface area contributed by atoms with E-state index in [2.05, 4.69) is 25.4 Å². The third-order valence-corrected chi connectivity index (χ3v) is 4.06. The van der Waals surface area contributed by atoms with E-state index < -0.39 is 11.7 Å². The number of nitrogen functional groups attached to an aromatic ring is 1. The predicted molar refractivity (Wildman–Crippen MR) is 98.3 cm³/mol. The highest BCUT2D eigenvalue weighted by molar-refractivity contribution is 5.82. The van der Waals surface area contributed by atoms with Gasteiger partial charge in [-0.15, -0.1) is 0 Å². The quantitative estimate of drug-likeness (QED) is 0.545. The maximum atomic E-state index is 13.6. The Morgan fingerprint density at radius 1 is 1.03 bits per heavy atom. The molecule has 4 rings (SSSR count). The van der Waals surface area contributed by atoms with E-state index in [1.807, 2.05) is 0 Å². The van der Waals surface area contributed by atoms with Crippen LogP contribution in [0.3, 0.4) is 0 Å². The van der Waals surface area contributed by atoms with E-state index in [0.717, 1.165) is 10.7 Å². The van der Waals surface area contributed by atoms with Gasteiger partial charge >= 0.3 is 6.18 Å². The summed E-state index contributed by atoms with van der Waals surface area (Å²) >= 11 is 0. The second-order valence-electron chi connectivity index (χ2n) is 5.98. The summed E-state index contributed by atoms with van der Waals surface area (Å²) in [7, 11) is 0. The summed E-state index contributed by atoms with van der Waals surface area (Å²) in [4.78, 5) is 12.0. The highest BCUT2D eigenvalue weighted by Gasteiger charge is 2.35. The fourth-order valence-corrected chi connectivity index (χ4v) is 2.77. The van der Waals surface area contributed by atoms with Crippen molar-refractivity contribution in [2.75, 3.05) is 11.1 Å². The average Bonchev–Trinajstić information content (AvgIpc) is 3.10. The SMILES string of the molecule is N#Cc1ccc(-n2ncc3cnc(Nc4cc(N)ncn4)cc32)c(C(F)(F)F)c1. The second-order valence-corrected chi connectivity index (χ2v) is 5.98. The van der Waals surface area contributed by atoms with E-state index in [-0.39, 0.29) is 17.1 Å². The Balaban J connectivity index is 1.83. The monoisotopic (exact) mass is 396 g/mol. The van der Waals surface area contributed by atoms with E-state index >= 15 is 0 Å². The van der Waals surface area contributed by atoms with E-state index in [4.69, 9.17) is 11.0 Å². The minimum Gasteiger partial charge on any atom is -0.384 e. The molecule has 0 spiro atoms. The Labute approximate surface area is 161 Å². The van der Waals surface area contributed by atoms with Gasteiger partial charge in [-0.2, -0.15) is 23.5 Å². The molecule has 0 saturated carbocycles. The smallest absolute Gasteiger partial charge is 0.384 e. The summed E-state index contributed by atoms with van der Waals surface area (Å²) in [5, 5.41) is 16.5. The van der Waals surface area contributed by atoms with Crippen LogP contribution in [0.2, 0.25) is 0 Å². The normalized spacial score (nSPS) is 11.4. The number of nitriles is 1. The van der Waals surface area contributed by atoms with Gasteiger partial charge in [-0.1, -0.05) is 0 Å². The second kappa shape index (κ2) is 6.75. The third-order valence-electron chi connectivity index (χ3n) is 4.06. The first-order valence-electron chi connectivity index (χ1n) is 8.15. The Hall–Kier alpha value is -4.20. The lowest BCUT2D eigenvalue weighted by Gasteiger charge is -2.14. The van der Waals surface area contributed by atoms with Crippen molar-refractivity contribution in [3.63, 3.8) is 0 Å². The fraction of sp³-hybridized carbons (Fsp3) is 0.0556. The van der Waals surface area contributed by atoms with Crippen LogP contribution in [0.15, 0.2) is 49.1 Å². The molecule has 0 fully saturated rings. The molecule has 0 bridgehead atoms. The molecule has 0 atom stereocenters. The molecule has 0 aliphatic rings. The van der Waals surface area contributed by atoms with Crippen LogP contribution in [-0.4, -0.2) is 24.7 Å². The van der Waals surface area contributed by atoms with E-state index in [0.29, 0.717) is 22.5 Å². The summed E-state index contributed by atoms with van der Waals surface area (Å²) in [5.41, 5.74) is 4.75. The van der Waals surface area contributed by atoms with E-state index in [9.17, 15) is 13.2 Å². The van der Waals surface area contributed by atoms with Gasteiger partial charge in [-0.25, -0.2) is 19.6 Å². The number of rotatable bonds is 3. The molecule has 3 aromatic heterocycles. The van der Waals surface area contributed by atoms with Crippen LogP contribution in [0.4, 0.5) is 30.6 Å². The summed E-state index contributed by atoms with van der Waals surface area (Å²) in [6, 6.07) is 8.07. The van der Waals surface area contributed by atoms with Crippen LogP contribution in [-0.2, 0) is 6.18 Å². The van der Waals surface area contributed by atoms with Gasteiger partial charge in [0, 0.05) is 23.7 Å². The van der Waals surface area contributed by atoms with Crippen molar-refractivity contribution in [2.24, 2.45) is 0 Å². The van der Waals surface area contributed by atoms with Gasteiger partial charge in [0.25, 0.3) is 0 Å². The van der Waals surface area contributed by atoms with Crippen molar-refractivity contribution in [3.05, 3.63) is 60.2 Å². The van der Waals surface area contributed by atoms with Gasteiger partial charge in [0.05, 0.1) is 34.6 Å². The predicted octanol–water partition coefficient (Wildman–Crippen LogP) is 3.43. The van der Waals surface area contributed by atoms with Gasteiger partial charge < -0.3 is 11.1 Å². The van der Waals surface area contributed by atoms with Crippen molar-refractivity contribution in [3.8, 4) is 11.8 Å². The van der Waals surface area contributed by atoms with Crippen LogP contribution in [0, 0.1) is 11.3 Å². The van der Waals surface area contributed by atoms with Crippen LogP contribution >= 0.6 is 0 Å². The minimum atomic E-state index is -4.66. The average molecular weight is 396 g/mol. The molecule has 0 saturated heterocycles. The number of pyridine rings is 1. The first-order chi connectivity index (χ1) is 13.8. The molecule has 0 radical (unpaired) electrons. The molecule has 0 aliphatic heterocycles. The van der Waals surface area contributed by atoms with Crippen molar-refractivity contribution in [1.29, 1.82) is 5.26 Å². The number of fused-ring (bicyclic) bond motifs is 1. The number of anilines is 3. The fourth-order valence-electron chi connectivity index (χ4n) is 2.77. The zero-order valence-electron chi connectivity index (χ0n) is 14.5. The van der Waals surface area contributed by atoms with Gasteiger partial charge in [-0.05, 0) is 18.2 Å². The Morgan fingerprint density at radius 3 is 2.55 bits per heavy atom. The molecule has 0 amide bonds. The Bertz CT molecular complexity index is 1260. The number of benzene rings is 1. The molecule has 0 unspecified atom stereocenters. The number of halogens is 3. The number of aromatic nitrogens is 5. The Kier molecular flexibility index (Phi) is 4.23. The summed E-state index contributed by atoms with van der Waals surface area (Å²) in [6.45, 7) is 0. The minimum absolute atomic E-state index is 0.0945. The van der Waals surface area contributed by atoms with Crippen molar-refractivity contribution < 1.29 is 13.2 Å². The van der Waals surface area contributed by atoms with Gasteiger partial charge in [0.1, 0.15) is 23.8 Å². The number of nitrogens with two attached hydrogens (primary N) is 1. The molecule has 3 N–H and O–H groups in total. The zero-order chi connectivity index (χ0) is 20.6. The first kappa shape index (κ1) is 18.2. The van der Waals surface area contributed by atoms with Crippen LogP contribution in [0.5, 0.6) is 0 Å². The lowest BCUT2D eigenvalue weighted by atomic mass is 10.1. The van der Waals surface area contributed by atoms with Crippen LogP contribution in [0.25, 0.3) is 16.6 Å². The zero-order valence-corrected chi connectivity index (χ0v) is 14.5. The summed E-state index contributed by atoms with van der Waals surface area (Å²) < 4.78 is 41.8. The standard InChI is InChI=1S/C18H11F3N8/c19-18(20,21)12-3-10(6-22)1-2-13(12)29-14-4-16(24-7-11(14)8-27-29)28-17-5-15(23)25-9-26-17/h1-5,7-9H,(H3,23,24,25,26,28). The lowest BCUT2D eigenvalue weighted by Crippen LogP contribution is -2.12. The van der Waals surface area contributed by atoms with Crippen LogP contribution < -0.4 is 11.1 Å². The lowest BCUT2D eigenvalue weighted by molar-refractivity contribution is -0.137. The van der Waals surface area contributed by atoms with Crippen molar-refractivity contribution >= 4 is 28.4 Å². The molecule has 29 heavy (non-hydrogen) atoms. The molecule has 8 nitrogen and oxygen atoms in total. The number of nitrogens with one attached hydrogen (secondary N) is 1. The molecule has 1 aromatic carbocycles. The molecular formula is C18H11F3N8. The van der Waals surface area contributed by atoms with E-state index in [1.165, 1.54) is 36.9 Å². The maximum absolute atomic E-state index is 13.6. The molecule has 11 heteroatoms. The topological polar surface area (TPSA) is 118 Å². The summed E-state index contributed by atoms with van der Waals surface area (Å²) in [6.07, 6.45) is -0.504. The van der Waals surface area contributed by atoms with Gasteiger partial charge in [-0.3, -0.25) is 0 Å². The van der Waals surface area contributed by atoms with Gasteiger partial charge in [0.2, 0.25) is 0 Å². The van der Waals surface area contributed by atoms with Crippen molar-refractivity contribution in [2.45, 2.75) is 6.18 Å². The first-order valence-corrected chi connectivity index (χ1v) is 8.15. The number of hydrogen-bond donors (Lipinski definition) is 2. The molecule has 3 heterocycles. The maximum Gasteiger partial charge on any atom is 0.418 e. The summed E-state index contributed by atoms with van der Waals surface area (Å²) in [5.74, 6) is 0.963.